The fourth-order valence-electron chi connectivity index (χ4n) is 3.38. The molecule has 0 aliphatic rings. The molecular weight excluding hydrogens is 494 g/mol. The van der Waals surface area contributed by atoms with Crippen molar-refractivity contribution in [3.63, 3.8) is 0 Å². The standard InChI is InChI=1S/C13H10O2.C11H8O2.C6H6O.Ca.2Li.4H/c14-13(15)12-9-5-4-8-11(12)10-6-2-1-3-7-10;12-11(13)10-7-3-5-8-4-1-2-6-9(8)10;7-6-4-2-1-3-5-6;;;;;;;/h1-9H,(H,14,15);1-7H,(H,12,13);1-5,7H;;;;;;;. The van der Waals surface area contributed by atoms with Crippen molar-refractivity contribution < 1.29 is 24.9 Å². The number of carboxylic acid groups (broad SMARTS) is 2. The average molecular weight is 523 g/mol. The van der Waals surface area contributed by atoms with E-state index in [2.05, 4.69) is 0 Å². The molecule has 5 nitrogen and oxygen atoms in total. The molecule has 3 N–H and O–H groups in total. The molecule has 0 fully saturated rings. The normalized spacial score (nSPS) is 8.95. The topological polar surface area (TPSA) is 94.8 Å². The van der Waals surface area contributed by atoms with Gasteiger partial charge in [-0.2, -0.15) is 0 Å². The molecule has 0 heterocycles. The zero-order valence-corrected chi connectivity index (χ0v) is 18.8. The molecule has 0 aliphatic carbocycles. The Labute approximate surface area is 275 Å². The summed E-state index contributed by atoms with van der Waals surface area (Å²) in [6, 6.07) is 38.0. The van der Waals surface area contributed by atoms with Crippen molar-refractivity contribution in [2.45, 2.75) is 0 Å². The Morgan fingerprint density at radius 3 is 1.50 bits per heavy atom. The fraction of sp³-hybridized carbons (Fsp3) is 0. The minimum atomic E-state index is -0.894. The average Bonchev–Trinajstić information content (AvgIpc) is 2.90. The van der Waals surface area contributed by atoms with Gasteiger partial charge in [0.05, 0.1) is 11.1 Å². The first-order valence-corrected chi connectivity index (χ1v) is 10.8. The van der Waals surface area contributed by atoms with E-state index in [0.717, 1.165) is 21.9 Å². The van der Waals surface area contributed by atoms with Crippen LogP contribution in [-0.4, -0.2) is 103 Å². The van der Waals surface area contributed by atoms with E-state index in [4.69, 9.17) is 15.3 Å². The van der Waals surface area contributed by atoms with Crippen LogP contribution in [-0.2, 0) is 0 Å². The molecule has 0 atom stereocenters. The number of carboxylic acids is 2. The van der Waals surface area contributed by atoms with Crippen molar-refractivity contribution in [1.82, 2.24) is 0 Å². The summed E-state index contributed by atoms with van der Waals surface area (Å²) in [5, 5.41) is 28.3. The first-order chi connectivity index (χ1) is 17.0. The third-order valence-corrected chi connectivity index (χ3v) is 5.02. The Bertz CT molecular complexity index is 1410. The van der Waals surface area contributed by atoms with Crippen molar-refractivity contribution in [2.75, 3.05) is 0 Å². The van der Waals surface area contributed by atoms with Gasteiger partial charge in [0.2, 0.25) is 0 Å². The van der Waals surface area contributed by atoms with Crippen molar-refractivity contribution in [2.24, 2.45) is 0 Å². The number of para-hydroxylation sites is 1. The first-order valence-electron chi connectivity index (χ1n) is 10.8. The van der Waals surface area contributed by atoms with Gasteiger partial charge in [0.15, 0.2) is 0 Å². The number of hydrogen-bond acceptors (Lipinski definition) is 3. The molecule has 182 valence electrons. The molecule has 0 amide bonds. The van der Waals surface area contributed by atoms with Crippen molar-refractivity contribution in [1.29, 1.82) is 0 Å². The second kappa shape index (κ2) is 18.7. The van der Waals surface area contributed by atoms with Crippen molar-refractivity contribution in [3.05, 3.63) is 139 Å². The van der Waals surface area contributed by atoms with Gasteiger partial charge in [0.1, 0.15) is 5.75 Å². The summed E-state index contributed by atoms with van der Waals surface area (Å²) in [5.41, 5.74) is 2.38. The molecule has 0 aromatic heterocycles. The number of phenolic OH excluding ortho intramolecular Hbond substituents is 1. The Balaban J connectivity index is 0.000000548. The van der Waals surface area contributed by atoms with Crippen LogP contribution in [0.1, 0.15) is 20.7 Å². The van der Waals surface area contributed by atoms with Crippen LogP contribution in [0.25, 0.3) is 21.9 Å². The van der Waals surface area contributed by atoms with Gasteiger partial charge in [-0.05, 0) is 46.2 Å². The predicted molar refractivity (Wildman–Crippen MR) is 161 cm³/mol. The van der Waals surface area contributed by atoms with E-state index in [1.807, 2.05) is 78.9 Å². The Morgan fingerprint density at radius 1 is 0.500 bits per heavy atom. The summed E-state index contributed by atoms with van der Waals surface area (Å²) >= 11 is 0. The van der Waals surface area contributed by atoms with Gasteiger partial charge >= 0.3 is 87.4 Å². The van der Waals surface area contributed by atoms with E-state index < -0.39 is 11.9 Å². The van der Waals surface area contributed by atoms with Crippen LogP contribution in [0.2, 0.25) is 0 Å². The number of aromatic hydroxyl groups is 1. The molecule has 5 rings (SSSR count). The van der Waals surface area contributed by atoms with E-state index in [0.29, 0.717) is 16.9 Å². The van der Waals surface area contributed by atoms with Crippen LogP contribution in [0.3, 0.4) is 0 Å². The summed E-state index contributed by atoms with van der Waals surface area (Å²) in [5.74, 6) is -1.45. The van der Waals surface area contributed by atoms with E-state index >= 15 is 0 Å². The molecule has 5 aromatic carbocycles. The van der Waals surface area contributed by atoms with Gasteiger partial charge in [0, 0.05) is 0 Å². The van der Waals surface area contributed by atoms with Gasteiger partial charge in [-0.25, -0.2) is 9.59 Å². The predicted octanol–water partition coefficient (Wildman–Crippen LogP) is 4.77. The van der Waals surface area contributed by atoms with Crippen LogP contribution in [0.4, 0.5) is 0 Å². The zero-order chi connectivity index (χ0) is 25.0. The number of rotatable bonds is 3. The molecule has 5 aromatic rings. The SMILES string of the molecule is O=C(O)c1cccc2ccccc12.O=C(O)c1ccccc1-c1ccccc1.Oc1ccccc1.[CaH2].[LiH].[LiH]. The van der Waals surface area contributed by atoms with Gasteiger partial charge in [0.25, 0.3) is 0 Å². The quantitative estimate of drug-likeness (QED) is 0.297. The molecule has 0 aliphatic heterocycles. The molecule has 0 saturated heterocycles. The number of phenols is 1. The summed E-state index contributed by atoms with van der Waals surface area (Å²) in [6.07, 6.45) is 0. The molecule has 0 unspecified atom stereocenters. The molecule has 0 saturated carbocycles. The van der Waals surface area contributed by atoms with E-state index in [1.165, 1.54) is 0 Å². The van der Waals surface area contributed by atoms with Crippen LogP contribution in [0.5, 0.6) is 5.75 Å². The molecule has 8 heteroatoms. The second-order valence-corrected chi connectivity index (χ2v) is 7.38. The van der Waals surface area contributed by atoms with Crippen LogP contribution < -0.4 is 0 Å². The molecule has 0 radical (unpaired) electrons. The monoisotopic (exact) mass is 522 g/mol. The van der Waals surface area contributed by atoms with Crippen LogP contribution >= 0.6 is 0 Å². The molecular formula is C30H28CaLi2O5. The summed E-state index contributed by atoms with van der Waals surface area (Å²) in [4.78, 5) is 21.8. The minimum absolute atomic E-state index is 0. The van der Waals surface area contributed by atoms with Crippen molar-refractivity contribution >= 4 is 98.2 Å². The molecule has 0 spiro atoms. The number of aromatic carboxylic acids is 2. The third-order valence-electron chi connectivity index (χ3n) is 5.02. The summed E-state index contributed by atoms with van der Waals surface area (Å²) < 4.78 is 0. The van der Waals surface area contributed by atoms with Gasteiger partial charge in [-0.3, -0.25) is 0 Å². The molecule has 38 heavy (non-hydrogen) atoms. The number of benzene rings is 5. The van der Waals surface area contributed by atoms with Gasteiger partial charge in [-0.1, -0.05) is 103 Å². The van der Waals surface area contributed by atoms with Crippen molar-refractivity contribution in [3.8, 4) is 16.9 Å². The van der Waals surface area contributed by atoms with Crippen LogP contribution in [0.15, 0.2) is 127 Å². The fourth-order valence-corrected chi connectivity index (χ4v) is 3.38. The number of carbonyl (C=O) groups is 2. The third kappa shape index (κ3) is 10.7. The number of hydrogen-bond donors (Lipinski definition) is 3. The van der Waals surface area contributed by atoms with Crippen LogP contribution in [0, 0.1) is 0 Å². The zero-order valence-electron chi connectivity index (χ0n) is 18.8. The van der Waals surface area contributed by atoms with E-state index in [-0.39, 0.29) is 75.5 Å². The van der Waals surface area contributed by atoms with Gasteiger partial charge in [-0.15, -0.1) is 0 Å². The summed E-state index contributed by atoms with van der Waals surface area (Å²) in [7, 11) is 0. The van der Waals surface area contributed by atoms with Gasteiger partial charge < -0.3 is 15.3 Å². The van der Waals surface area contributed by atoms with E-state index in [9.17, 15) is 9.59 Å². The Hall–Kier alpha value is -2.45. The Kier molecular flexibility index (Phi) is 17.5. The maximum atomic E-state index is 11.0. The number of fused-ring (bicyclic) bond motifs is 1. The molecule has 0 bridgehead atoms. The Morgan fingerprint density at radius 2 is 0.947 bits per heavy atom. The summed E-state index contributed by atoms with van der Waals surface area (Å²) in [6.45, 7) is 0. The second-order valence-electron chi connectivity index (χ2n) is 7.38. The van der Waals surface area contributed by atoms with E-state index in [1.54, 1.807) is 48.5 Å². The first kappa shape index (κ1) is 35.6. The maximum absolute atomic E-state index is 11.0.